The van der Waals surface area contributed by atoms with Crippen molar-refractivity contribution < 1.29 is 0 Å². The molecule has 0 radical (unpaired) electrons. The van der Waals surface area contributed by atoms with E-state index in [0.717, 1.165) is 5.56 Å². The van der Waals surface area contributed by atoms with Crippen LogP contribution in [-0.4, -0.2) is 4.98 Å². The Morgan fingerprint density at radius 1 is 1.39 bits per heavy atom. The molecule has 0 saturated carbocycles. The minimum absolute atomic E-state index is 0.428. The fraction of sp³-hybridized carbons (Fsp3) is 0.0769. The van der Waals surface area contributed by atoms with Gasteiger partial charge in [-0.2, -0.15) is 5.26 Å². The topological polar surface area (TPSA) is 74.7 Å². The van der Waals surface area contributed by atoms with E-state index >= 15 is 0 Å². The molecule has 90 valence electrons. The highest BCUT2D eigenvalue weighted by molar-refractivity contribution is 6.30. The number of hydrogen-bond acceptors (Lipinski definition) is 4. The predicted molar refractivity (Wildman–Crippen MR) is 72.1 cm³/mol. The predicted octanol–water partition coefficient (Wildman–Crippen LogP) is 2.80. The van der Waals surface area contributed by atoms with Crippen molar-refractivity contribution in [2.45, 2.75) is 6.54 Å². The molecule has 1 heterocycles. The standard InChI is InChI=1S/C13H11ClN4/c14-11-3-1-2-9(4-11)7-17-13-10(6-15)5-12(16)8-18-13/h1-5,8H,7,16H2,(H,17,18). The third-order valence-corrected chi connectivity index (χ3v) is 2.61. The van der Waals surface area contributed by atoms with Gasteiger partial charge in [0.05, 0.1) is 17.4 Å². The van der Waals surface area contributed by atoms with Gasteiger partial charge in [-0.05, 0) is 23.8 Å². The van der Waals surface area contributed by atoms with Crippen molar-refractivity contribution in [1.82, 2.24) is 4.98 Å². The summed E-state index contributed by atoms with van der Waals surface area (Å²) in [4.78, 5) is 4.09. The molecule has 0 aliphatic heterocycles. The fourth-order valence-electron chi connectivity index (χ4n) is 1.54. The minimum atomic E-state index is 0.428. The molecular weight excluding hydrogens is 248 g/mol. The molecule has 0 aliphatic carbocycles. The maximum Gasteiger partial charge on any atom is 0.144 e. The molecule has 1 aromatic heterocycles. The molecule has 3 N–H and O–H groups in total. The zero-order chi connectivity index (χ0) is 13.0. The lowest BCUT2D eigenvalue weighted by molar-refractivity contribution is 1.11. The molecule has 5 heteroatoms. The second-order valence-corrected chi connectivity index (χ2v) is 4.20. The van der Waals surface area contributed by atoms with E-state index in [1.54, 1.807) is 6.07 Å². The molecule has 2 rings (SSSR count). The molecule has 0 aliphatic rings. The summed E-state index contributed by atoms with van der Waals surface area (Å²) in [5.41, 5.74) is 7.49. The second kappa shape index (κ2) is 5.39. The monoisotopic (exact) mass is 258 g/mol. The third-order valence-electron chi connectivity index (χ3n) is 2.38. The maximum absolute atomic E-state index is 8.98. The van der Waals surface area contributed by atoms with Gasteiger partial charge in [-0.3, -0.25) is 0 Å². The van der Waals surface area contributed by atoms with E-state index in [4.69, 9.17) is 22.6 Å². The molecule has 0 atom stereocenters. The molecule has 0 unspecified atom stereocenters. The Hall–Kier alpha value is -2.25. The van der Waals surface area contributed by atoms with Crippen molar-refractivity contribution in [3.63, 3.8) is 0 Å². The molecule has 0 saturated heterocycles. The molecule has 2 aromatic rings. The van der Waals surface area contributed by atoms with Crippen LogP contribution in [-0.2, 0) is 6.54 Å². The summed E-state index contributed by atoms with van der Waals surface area (Å²) in [7, 11) is 0. The van der Waals surface area contributed by atoms with Crippen molar-refractivity contribution in [2.75, 3.05) is 11.1 Å². The molecule has 0 bridgehead atoms. The minimum Gasteiger partial charge on any atom is -0.397 e. The van der Waals surface area contributed by atoms with Gasteiger partial charge in [0.1, 0.15) is 11.9 Å². The Morgan fingerprint density at radius 2 is 2.22 bits per heavy atom. The summed E-state index contributed by atoms with van der Waals surface area (Å²) in [6.45, 7) is 0.548. The van der Waals surface area contributed by atoms with E-state index in [1.807, 2.05) is 24.3 Å². The van der Waals surface area contributed by atoms with Crippen molar-refractivity contribution in [1.29, 1.82) is 5.26 Å². The quantitative estimate of drug-likeness (QED) is 0.888. The summed E-state index contributed by atoms with van der Waals surface area (Å²) in [6, 6.07) is 11.1. The number of rotatable bonds is 3. The van der Waals surface area contributed by atoms with Crippen molar-refractivity contribution in [3.8, 4) is 6.07 Å². The van der Waals surface area contributed by atoms with Gasteiger partial charge in [0, 0.05) is 11.6 Å². The smallest absolute Gasteiger partial charge is 0.144 e. The first-order chi connectivity index (χ1) is 8.69. The lowest BCUT2D eigenvalue weighted by Gasteiger charge is -2.08. The highest BCUT2D eigenvalue weighted by atomic mass is 35.5. The Labute approximate surface area is 110 Å². The summed E-state index contributed by atoms with van der Waals surface area (Å²) in [5.74, 6) is 0.520. The number of nitrogens with two attached hydrogens (primary N) is 1. The van der Waals surface area contributed by atoms with Crippen LogP contribution in [0.5, 0.6) is 0 Å². The number of nitrogens with one attached hydrogen (secondary N) is 1. The number of benzene rings is 1. The van der Waals surface area contributed by atoms with Gasteiger partial charge >= 0.3 is 0 Å². The first-order valence-electron chi connectivity index (χ1n) is 5.33. The first-order valence-corrected chi connectivity index (χ1v) is 5.71. The number of pyridine rings is 1. The second-order valence-electron chi connectivity index (χ2n) is 3.76. The number of nitrogens with zero attached hydrogens (tertiary/aromatic N) is 2. The molecule has 4 nitrogen and oxygen atoms in total. The Balaban J connectivity index is 2.14. The lowest BCUT2D eigenvalue weighted by Crippen LogP contribution is -2.04. The lowest BCUT2D eigenvalue weighted by atomic mass is 10.2. The van der Waals surface area contributed by atoms with Crippen LogP contribution >= 0.6 is 11.6 Å². The normalized spacial score (nSPS) is 9.78. The van der Waals surface area contributed by atoms with Crippen molar-refractivity contribution >= 4 is 23.1 Å². The van der Waals surface area contributed by atoms with E-state index in [2.05, 4.69) is 16.4 Å². The van der Waals surface area contributed by atoms with Crippen LogP contribution in [0.3, 0.4) is 0 Å². The van der Waals surface area contributed by atoms with Gasteiger partial charge in [-0.1, -0.05) is 23.7 Å². The number of hydrogen-bond donors (Lipinski definition) is 2. The van der Waals surface area contributed by atoms with Crippen molar-refractivity contribution in [2.24, 2.45) is 0 Å². The van der Waals surface area contributed by atoms with Gasteiger partial charge in [0.2, 0.25) is 0 Å². The van der Waals surface area contributed by atoms with Crippen molar-refractivity contribution in [3.05, 3.63) is 52.7 Å². The van der Waals surface area contributed by atoms with Gasteiger partial charge in [-0.25, -0.2) is 4.98 Å². The highest BCUT2D eigenvalue weighted by Gasteiger charge is 2.04. The molecule has 18 heavy (non-hydrogen) atoms. The van der Waals surface area contributed by atoms with Crippen LogP contribution in [0.1, 0.15) is 11.1 Å². The summed E-state index contributed by atoms with van der Waals surface area (Å²) in [5, 5.41) is 12.7. The van der Waals surface area contributed by atoms with E-state index in [1.165, 1.54) is 6.20 Å². The number of halogens is 1. The Morgan fingerprint density at radius 3 is 2.94 bits per heavy atom. The molecular formula is C13H11ClN4. The van der Waals surface area contributed by atoms with Crippen LogP contribution < -0.4 is 11.1 Å². The van der Waals surface area contributed by atoms with Gasteiger partial charge in [0.25, 0.3) is 0 Å². The Bertz CT molecular complexity index is 604. The van der Waals surface area contributed by atoms with E-state index in [-0.39, 0.29) is 0 Å². The summed E-state index contributed by atoms with van der Waals surface area (Å²) < 4.78 is 0. The molecule has 0 fully saturated rings. The molecule has 0 amide bonds. The zero-order valence-corrected chi connectivity index (χ0v) is 10.3. The van der Waals surface area contributed by atoms with E-state index in [0.29, 0.717) is 28.6 Å². The number of aromatic nitrogens is 1. The van der Waals surface area contributed by atoms with Gasteiger partial charge in [-0.15, -0.1) is 0 Å². The maximum atomic E-state index is 8.98. The Kier molecular flexibility index (Phi) is 3.66. The van der Waals surface area contributed by atoms with Crippen LogP contribution in [0.2, 0.25) is 5.02 Å². The van der Waals surface area contributed by atoms with E-state index < -0.39 is 0 Å². The average Bonchev–Trinajstić information content (AvgIpc) is 2.37. The number of nitriles is 1. The highest BCUT2D eigenvalue weighted by Crippen LogP contribution is 2.16. The zero-order valence-electron chi connectivity index (χ0n) is 9.52. The van der Waals surface area contributed by atoms with Gasteiger partial charge < -0.3 is 11.1 Å². The van der Waals surface area contributed by atoms with E-state index in [9.17, 15) is 0 Å². The average molecular weight is 259 g/mol. The SMILES string of the molecule is N#Cc1cc(N)cnc1NCc1cccc(Cl)c1. The molecule has 0 spiro atoms. The largest absolute Gasteiger partial charge is 0.397 e. The van der Waals surface area contributed by atoms with Crippen LogP contribution in [0, 0.1) is 11.3 Å². The summed E-state index contributed by atoms with van der Waals surface area (Å²) >= 11 is 5.89. The van der Waals surface area contributed by atoms with Crippen LogP contribution in [0.4, 0.5) is 11.5 Å². The fourth-order valence-corrected chi connectivity index (χ4v) is 1.75. The number of anilines is 2. The molecule has 1 aromatic carbocycles. The van der Waals surface area contributed by atoms with Gasteiger partial charge in [0.15, 0.2) is 0 Å². The van der Waals surface area contributed by atoms with Crippen LogP contribution in [0.25, 0.3) is 0 Å². The summed E-state index contributed by atoms with van der Waals surface area (Å²) in [6.07, 6.45) is 1.52. The van der Waals surface area contributed by atoms with Crippen LogP contribution in [0.15, 0.2) is 36.5 Å². The number of nitrogen functional groups attached to an aromatic ring is 1. The first kappa shape index (κ1) is 12.2. The third kappa shape index (κ3) is 2.90.